The molecule has 120 valence electrons. The largest absolute Gasteiger partial charge is 0.481 e. The van der Waals surface area contributed by atoms with Crippen molar-refractivity contribution in [1.29, 1.82) is 0 Å². The van der Waals surface area contributed by atoms with Crippen LogP contribution in [0.4, 0.5) is 0 Å². The third-order valence-corrected chi connectivity index (χ3v) is 4.82. The number of aliphatic carboxylic acids is 1. The second-order valence-electron chi connectivity index (χ2n) is 6.90. The highest BCUT2D eigenvalue weighted by Crippen LogP contribution is 2.36. The van der Waals surface area contributed by atoms with Crippen LogP contribution in [0.15, 0.2) is 0 Å². The molecular weight excluding hydrogens is 268 g/mol. The third-order valence-electron chi connectivity index (χ3n) is 4.82. The van der Waals surface area contributed by atoms with Gasteiger partial charge in [0.15, 0.2) is 0 Å². The topological polar surface area (TPSA) is 69.6 Å². The average Bonchev–Trinajstić information content (AvgIpc) is 2.82. The van der Waals surface area contributed by atoms with Crippen LogP contribution in [0, 0.1) is 17.8 Å². The molecule has 21 heavy (non-hydrogen) atoms. The summed E-state index contributed by atoms with van der Waals surface area (Å²) in [5.41, 5.74) is 0. The number of carbonyl (C=O) groups is 2. The second kappa shape index (κ2) is 7.25. The fourth-order valence-corrected chi connectivity index (χ4v) is 3.78. The van der Waals surface area contributed by atoms with E-state index in [2.05, 4.69) is 10.2 Å². The lowest BCUT2D eigenvalue weighted by molar-refractivity contribution is -0.146. The molecular formula is C16H28N2O3. The van der Waals surface area contributed by atoms with E-state index < -0.39 is 11.9 Å². The lowest BCUT2D eigenvalue weighted by atomic mass is 9.95. The Morgan fingerprint density at radius 2 is 1.81 bits per heavy atom. The summed E-state index contributed by atoms with van der Waals surface area (Å²) in [4.78, 5) is 26.0. The van der Waals surface area contributed by atoms with Crippen LogP contribution in [-0.4, -0.2) is 47.6 Å². The molecule has 2 N–H and O–H groups in total. The Hall–Kier alpha value is -1.10. The number of carboxylic acids is 1. The van der Waals surface area contributed by atoms with Gasteiger partial charge in [0.1, 0.15) is 0 Å². The zero-order valence-corrected chi connectivity index (χ0v) is 13.2. The summed E-state index contributed by atoms with van der Waals surface area (Å²) in [6.07, 6.45) is 5.09. The molecule has 4 unspecified atom stereocenters. The molecule has 0 aromatic rings. The molecule has 1 heterocycles. The van der Waals surface area contributed by atoms with Gasteiger partial charge in [0.2, 0.25) is 5.91 Å². The maximum absolute atomic E-state index is 12.4. The lowest BCUT2D eigenvalue weighted by Crippen LogP contribution is -2.46. The number of nitrogens with one attached hydrogen (secondary N) is 1. The summed E-state index contributed by atoms with van der Waals surface area (Å²) in [5.74, 6) is -1.46. The average molecular weight is 296 g/mol. The molecule has 0 spiro atoms. The highest BCUT2D eigenvalue weighted by Gasteiger charge is 2.41. The SMILES string of the molecule is CC1CC(C(=O)O)C(C(=O)NC(C)CN2CCCCC2)C1. The van der Waals surface area contributed by atoms with E-state index in [0.717, 1.165) is 19.6 Å². The van der Waals surface area contributed by atoms with E-state index in [1.165, 1.54) is 19.3 Å². The summed E-state index contributed by atoms with van der Waals surface area (Å²) in [6, 6.07) is 0.0842. The van der Waals surface area contributed by atoms with Gasteiger partial charge in [-0.3, -0.25) is 9.59 Å². The molecule has 4 atom stereocenters. The number of piperidine rings is 1. The molecule has 5 heteroatoms. The minimum absolute atomic E-state index is 0.0729. The molecule has 1 aliphatic carbocycles. The van der Waals surface area contributed by atoms with Crippen molar-refractivity contribution in [3.05, 3.63) is 0 Å². The Morgan fingerprint density at radius 3 is 2.43 bits per heavy atom. The summed E-state index contributed by atoms with van der Waals surface area (Å²) in [5, 5.41) is 12.3. The fourth-order valence-electron chi connectivity index (χ4n) is 3.78. The van der Waals surface area contributed by atoms with Gasteiger partial charge in [0.05, 0.1) is 11.8 Å². The van der Waals surface area contributed by atoms with Crippen LogP contribution in [0.5, 0.6) is 0 Å². The smallest absolute Gasteiger partial charge is 0.307 e. The molecule has 0 radical (unpaired) electrons. The summed E-state index contributed by atoms with van der Waals surface area (Å²) in [7, 11) is 0. The number of carbonyl (C=O) groups excluding carboxylic acids is 1. The van der Waals surface area contributed by atoms with E-state index in [1.54, 1.807) is 0 Å². The molecule has 1 saturated heterocycles. The minimum atomic E-state index is -0.830. The van der Waals surface area contributed by atoms with E-state index in [4.69, 9.17) is 0 Å². The van der Waals surface area contributed by atoms with Crippen LogP contribution in [0.3, 0.4) is 0 Å². The first-order valence-corrected chi connectivity index (χ1v) is 8.23. The third kappa shape index (κ3) is 4.43. The normalized spacial score (nSPS) is 31.8. The number of likely N-dealkylation sites (tertiary alicyclic amines) is 1. The van der Waals surface area contributed by atoms with Crippen LogP contribution >= 0.6 is 0 Å². The first-order valence-electron chi connectivity index (χ1n) is 8.23. The van der Waals surface area contributed by atoms with E-state index in [9.17, 15) is 14.7 Å². The van der Waals surface area contributed by atoms with Crippen molar-refractivity contribution in [2.75, 3.05) is 19.6 Å². The Kier molecular flexibility index (Phi) is 5.62. The van der Waals surface area contributed by atoms with Gasteiger partial charge in [-0.1, -0.05) is 13.3 Å². The van der Waals surface area contributed by atoms with Crippen molar-refractivity contribution in [3.8, 4) is 0 Å². The van der Waals surface area contributed by atoms with Crippen LogP contribution in [0.1, 0.15) is 46.0 Å². The Bertz CT molecular complexity index is 380. The first-order chi connectivity index (χ1) is 9.97. The summed E-state index contributed by atoms with van der Waals surface area (Å²) >= 11 is 0. The molecule has 1 amide bonds. The molecule has 2 fully saturated rings. The molecule has 2 rings (SSSR count). The van der Waals surface area contributed by atoms with E-state index in [-0.39, 0.29) is 17.9 Å². The molecule has 2 aliphatic rings. The Labute approximate surface area is 127 Å². The molecule has 1 saturated carbocycles. The van der Waals surface area contributed by atoms with Crippen LogP contribution in [0.25, 0.3) is 0 Å². The number of nitrogens with zero attached hydrogens (tertiary/aromatic N) is 1. The standard InChI is InChI=1S/C16H28N2O3/c1-11-8-13(14(9-11)16(20)21)15(19)17-12(2)10-18-6-4-3-5-7-18/h11-14H,3-10H2,1-2H3,(H,17,19)(H,20,21). The summed E-state index contributed by atoms with van der Waals surface area (Å²) in [6.45, 7) is 7.13. The molecule has 0 aromatic carbocycles. The number of rotatable bonds is 5. The van der Waals surface area contributed by atoms with Gasteiger partial charge < -0.3 is 15.3 Å². The monoisotopic (exact) mass is 296 g/mol. The predicted octanol–water partition coefficient (Wildman–Crippen LogP) is 1.72. The van der Waals surface area contributed by atoms with Crippen LogP contribution in [-0.2, 0) is 9.59 Å². The van der Waals surface area contributed by atoms with Gasteiger partial charge in [-0.25, -0.2) is 0 Å². The van der Waals surface area contributed by atoms with Gasteiger partial charge in [0.25, 0.3) is 0 Å². The molecule has 0 bridgehead atoms. The van der Waals surface area contributed by atoms with E-state index in [0.29, 0.717) is 18.8 Å². The lowest BCUT2D eigenvalue weighted by Gasteiger charge is -2.30. The highest BCUT2D eigenvalue weighted by molar-refractivity contribution is 5.85. The predicted molar refractivity (Wildman–Crippen MR) is 80.9 cm³/mol. The number of carboxylic acid groups (broad SMARTS) is 1. The van der Waals surface area contributed by atoms with Crippen molar-refractivity contribution >= 4 is 11.9 Å². The quantitative estimate of drug-likeness (QED) is 0.810. The highest BCUT2D eigenvalue weighted by atomic mass is 16.4. The van der Waals surface area contributed by atoms with Crippen molar-refractivity contribution in [1.82, 2.24) is 10.2 Å². The fraction of sp³-hybridized carbons (Fsp3) is 0.875. The zero-order valence-electron chi connectivity index (χ0n) is 13.2. The van der Waals surface area contributed by atoms with Crippen LogP contribution < -0.4 is 5.32 Å². The minimum Gasteiger partial charge on any atom is -0.481 e. The summed E-state index contributed by atoms with van der Waals surface area (Å²) < 4.78 is 0. The van der Waals surface area contributed by atoms with Gasteiger partial charge in [-0.2, -0.15) is 0 Å². The molecule has 0 aromatic heterocycles. The number of amides is 1. The van der Waals surface area contributed by atoms with Gasteiger partial charge in [0, 0.05) is 12.6 Å². The van der Waals surface area contributed by atoms with Gasteiger partial charge in [-0.05, 0) is 51.6 Å². The molecule has 5 nitrogen and oxygen atoms in total. The number of hydrogen-bond donors (Lipinski definition) is 2. The van der Waals surface area contributed by atoms with E-state index >= 15 is 0 Å². The van der Waals surface area contributed by atoms with Crippen molar-refractivity contribution < 1.29 is 14.7 Å². The van der Waals surface area contributed by atoms with Crippen molar-refractivity contribution in [3.63, 3.8) is 0 Å². The Morgan fingerprint density at radius 1 is 1.19 bits per heavy atom. The second-order valence-corrected chi connectivity index (χ2v) is 6.90. The zero-order chi connectivity index (χ0) is 15.4. The maximum atomic E-state index is 12.4. The van der Waals surface area contributed by atoms with Crippen molar-refractivity contribution in [2.24, 2.45) is 17.8 Å². The van der Waals surface area contributed by atoms with Gasteiger partial charge in [-0.15, -0.1) is 0 Å². The number of hydrogen-bond acceptors (Lipinski definition) is 3. The van der Waals surface area contributed by atoms with Crippen molar-refractivity contribution in [2.45, 2.75) is 52.0 Å². The van der Waals surface area contributed by atoms with Gasteiger partial charge >= 0.3 is 5.97 Å². The molecule has 1 aliphatic heterocycles. The maximum Gasteiger partial charge on any atom is 0.307 e. The van der Waals surface area contributed by atoms with E-state index in [1.807, 2.05) is 13.8 Å². The Balaban J connectivity index is 1.83. The first kappa shape index (κ1) is 16.3. The van der Waals surface area contributed by atoms with Crippen LogP contribution in [0.2, 0.25) is 0 Å².